The Kier molecular flexibility index (Phi) is 3.87. The van der Waals surface area contributed by atoms with Crippen LogP contribution in [0.3, 0.4) is 0 Å². The van der Waals surface area contributed by atoms with Gasteiger partial charge >= 0.3 is 0 Å². The van der Waals surface area contributed by atoms with Crippen LogP contribution >= 0.6 is 11.3 Å². The van der Waals surface area contributed by atoms with Gasteiger partial charge in [0.1, 0.15) is 0 Å². The largest absolute Gasteiger partial charge is 0.318 e. The number of nitrogens with one attached hydrogen (secondary N) is 1. The summed E-state index contributed by atoms with van der Waals surface area (Å²) < 4.78 is 1.68. The summed E-state index contributed by atoms with van der Waals surface area (Å²) in [6.07, 6.45) is 2.45. The Morgan fingerprint density at radius 3 is 3.20 bits per heavy atom. The van der Waals surface area contributed by atoms with E-state index in [9.17, 15) is 4.79 Å². The number of thiazole rings is 1. The normalized spacial score (nSPS) is 20.0. The molecule has 3 rings (SSSR count). The number of aromatic nitrogens is 2. The average Bonchev–Trinajstić information content (AvgIpc) is 2.98. The van der Waals surface area contributed by atoms with Crippen LogP contribution in [0.4, 0.5) is 0 Å². The minimum Gasteiger partial charge on any atom is -0.318 e. The lowest BCUT2D eigenvalue weighted by Gasteiger charge is -2.23. The molecular weight excluding hydrogens is 272 g/mol. The molecule has 0 amide bonds. The Labute approximate surface area is 122 Å². The fourth-order valence-electron chi connectivity index (χ4n) is 2.96. The number of fused-ring (bicyclic) bond motifs is 1. The van der Waals surface area contributed by atoms with Gasteiger partial charge < -0.3 is 5.32 Å². The first-order chi connectivity index (χ1) is 9.69. The predicted molar refractivity (Wildman–Crippen MR) is 81.4 cm³/mol. The molecule has 0 spiro atoms. The zero-order chi connectivity index (χ0) is 14.1. The van der Waals surface area contributed by atoms with E-state index in [-0.39, 0.29) is 5.56 Å². The Morgan fingerprint density at radius 2 is 2.40 bits per heavy atom. The summed E-state index contributed by atoms with van der Waals surface area (Å²) >= 11 is 1.53. The topological polar surface area (TPSA) is 49.6 Å². The second kappa shape index (κ2) is 5.63. The molecule has 5 nitrogen and oxygen atoms in total. The van der Waals surface area contributed by atoms with E-state index in [1.165, 1.54) is 24.2 Å². The molecule has 0 saturated carbocycles. The SMILES string of the molecule is CNCC1CCCN1Cc1cc(=O)n2c(C)csc2n1. The van der Waals surface area contributed by atoms with E-state index in [1.54, 1.807) is 10.5 Å². The number of likely N-dealkylation sites (tertiary alicyclic amines) is 1. The van der Waals surface area contributed by atoms with Crippen molar-refractivity contribution < 1.29 is 0 Å². The monoisotopic (exact) mass is 292 g/mol. The number of hydrogen-bond acceptors (Lipinski definition) is 5. The summed E-state index contributed by atoms with van der Waals surface area (Å²) in [5.74, 6) is 0. The molecule has 0 aliphatic carbocycles. The third kappa shape index (κ3) is 2.51. The van der Waals surface area contributed by atoms with Gasteiger partial charge in [0.05, 0.1) is 5.69 Å². The van der Waals surface area contributed by atoms with Crippen molar-refractivity contribution in [1.29, 1.82) is 0 Å². The second-order valence-corrected chi connectivity index (χ2v) is 6.24. The van der Waals surface area contributed by atoms with Crippen LogP contribution in [0.2, 0.25) is 0 Å². The highest BCUT2D eigenvalue weighted by molar-refractivity contribution is 7.15. The van der Waals surface area contributed by atoms with Crippen molar-refractivity contribution in [3.8, 4) is 0 Å². The Balaban J connectivity index is 1.86. The summed E-state index contributed by atoms with van der Waals surface area (Å²) in [5.41, 5.74) is 1.89. The summed E-state index contributed by atoms with van der Waals surface area (Å²) in [6, 6.07) is 2.24. The van der Waals surface area contributed by atoms with Gasteiger partial charge in [0, 0.05) is 36.3 Å². The Hall–Kier alpha value is -1.24. The van der Waals surface area contributed by atoms with Gasteiger partial charge in [-0.2, -0.15) is 0 Å². The predicted octanol–water partition coefficient (Wildman–Crippen LogP) is 1.25. The minimum absolute atomic E-state index is 0.0353. The summed E-state index contributed by atoms with van der Waals surface area (Å²) in [4.78, 5) is 20.0. The fraction of sp³-hybridized carbons (Fsp3) is 0.571. The number of rotatable bonds is 4. The van der Waals surface area contributed by atoms with E-state index < -0.39 is 0 Å². The quantitative estimate of drug-likeness (QED) is 0.921. The highest BCUT2D eigenvalue weighted by atomic mass is 32.1. The van der Waals surface area contributed by atoms with E-state index in [0.29, 0.717) is 6.04 Å². The Morgan fingerprint density at radius 1 is 1.55 bits per heavy atom. The van der Waals surface area contributed by atoms with Gasteiger partial charge in [-0.15, -0.1) is 11.3 Å². The lowest BCUT2D eigenvalue weighted by Crippen LogP contribution is -2.36. The molecule has 1 aliphatic rings. The highest BCUT2D eigenvalue weighted by Gasteiger charge is 2.24. The van der Waals surface area contributed by atoms with Crippen LogP contribution in [0.1, 0.15) is 24.2 Å². The molecule has 1 saturated heterocycles. The molecule has 3 heterocycles. The van der Waals surface area contributed by atoms with Gasteiger partial charge in [0.25, 0.3) is 5.56 Å². The van der Waals surface area contributed by atoms with Crippen LogP contribution in [0.15, 0.2) is 16.2 Å². The first kappa shape index (κ1) is 13.7. The smallest absolute Gasteiger partial charge is 0.259 e. The van der Waals surface area contributed by atoms with Crippen molar-refractivity contribution in [1.82, 2.24) is 19.6 Å². The van der Waals surface area contributed by atoms with Crippen LogP contribution in [-0.2, 0) is 6.54 Å². The summed E-state index contributed by atoms with van der Waals surface area (Å²) in [7, 11) is 1.99. The number of hydrogen-bond donors (Lipinski definition) is 1. The molecule has 1 aliphatic heterocycles. The number of nitrogens with zero attached hydrogens (tertiary/aromatic N) is 3. The average molecular weight is 292 g/mol. The molecule has 1 N–H and O–H groups in total. The lowest BCUT2D eigenvalue weighted by molar-refractivity contribution is 0.239. The standard InChI is InChI=1S/C14H20N4OS/c1-10-9-20-14-16-11(6-13(19)18(10)14)8-17-5-3-4-12(17)7-15-2/h6,9,12,15H,3-5,7-8H2,1-2H3. The van der Waals surface area contributed by atoms with E-state index in [2.05, 4.69) is 15.2 Å². The summed E-state index contributed by atoms with van der Waals surface area (Å²) in [6.45, 7) is 4.81. The van der Waals surface area contributed by atoms with Crippen molar-refractivity contribution >= 4 is 16.3 Å². The van der Waals surface area contributed by atoms with Gasteiger partial charge in [-0.25, -0.2) is 4.98 Å². The first-order valence-electron chi connectivity index (χ1n) is 7.04. The van der Waals surface area contributed by atoms with Crippen molar-refractivity contribution in [2.24, 2.45) is 0 Å². The molecule has 108 valence electrons. The van der Waals surface area contributed by atoms with Gasteiger partial charge in [-0.3, -0.25) is 14.1 Å². The van der Waals surface area contributed by atoms with Gasteiger partial charge in [0.15, 0.2) is 4.96 Å². The van der Waals surface area contributed by atoms with Crippen molar-refractivity contribution in [3.63, 3.8) is 0 Å². The molecular formula is C14H20N4OS. The van der Waals surface area contributed by atoms with E-state index in [1.807, 2.05) is 19.4 Å². The van der Waals surface area contributed by atoms with Crippen LogP contribution in [0, 0.1) is 6.92 Å². The van der Waals surface area contributed by atoms with Crippen molar-refractivity contribution in [2.75, 3.05) is 20.1 Å². The number of aryl methyl sites for hydroxylation is 1. The molecule has 1 fully saturated rings. The van der Waals surface area contributed by atoms with Gasteiger partial charge in [-0.05, 0) is 33.4 Å². The molecule has 2 aromatic heterocycles. The van der Waals surface area contributed by atoms with Crippen molar-refractivity contribution in [2.45, 2.75) is 32.4 Å². The fourth-order valence-corrected chi connectivity index (χ4v) is 3.85. The second-order valence-electron chi connectivity index (χ2n) is 5.40. The maximum absolute atomic E-state index is 12.2. The van der Waals surface area contributed by atoms with Crippen molar-refractivity contribution in [3.05, 3.63) is 33.2 Å². The maximum atomic E-state index is 12.2. The molecule has 0 radical (unpaired) electrons. The highest BCUT2D eigenvalue weighted by Crippen LogP contribution is 2.19. The molecule has 1 atom stereocenters. The Bertz CT molecular complexity index is 663. The molecule has 0 bridgehead atoms. The van der Waals surface area contributed by atoms with Gasteiger partial charge in [-0.1, -0.05) is 0 Å². The molecule has 1 unspecified atom stereocenters. The lowest BCUT2D eigenvalue weighted by atomic mass is 10.2. The molecule has 20 heavy (non-hydrogen) atoms. The zero-order valence-electron chi connectivity index (χ0n) is 11.9. The first-order valence-corrected chi connectivity index (χ1v) is 7.92. The maximum Gasteiger partial charge on any atom is 0.259 e. The molecule has 6 heteroatoms. The zero-order valence-corrected chi connectivity index (χ0v) is 12.7. The van der Waals surface area contributed by atoms with E-state index >= 15 is 0 Å². The van der Waals surface area contributed by atoms with Crippen LogP contribution in [-0.4, -0.2) is 40.5 Å². The van der Waals surface area contributed by atoms with Crippen LogP contribution in [0.5, 0.6) is 0 Å². The van der Waals surface area contributed by atoms with E-state index in [0.717, 1.165) is 36.0 Å². The third-order valence-electron chi connectivity index (χ3n) is 3.93. The van der Waals surface area contributed by atoms with Crippen LogP contribution in [0.25, 0.3) is 4.96 Å². The van der Waals surface area contributed by atoms with E-state index in [4.69, 9.17) is 0 Å². The minimum atomic E-state index is 0.0353. The van der Waals surface area contributed by atoms with Gasteiger partial charge in [0.2, 0.25) is 0 Å². The molecule has 0 aromatic carbocycles. The number of likely N-dealkylation sites (N-methyl/N-ethyl adjacent to an activating group) is 1. The van der Waals surface area contributed by atoms with Crippen LogP contribution < -0.4 is 10.9 Å². The molecule has 2 aromatic rings. The summed E-state index contributed by atoms with van der Waals surface area (Å²) in [5, 5.41) is 5.22. The third-order valence-corrected chi connectivity index (χ3v) is 4.88.